The van der Waals surface area contributed by atoms with Crippen molar-refractivity contribution in [2.75, 3.05) is 13.6 Å². The Hall–Kier alpha value is -2.58. The lowest BCUT2D eigenvalue weighted by Crippen LogP contribution is -2.55. The summed E-state index contributed by atoms with van der Waals surface area (Å²) in [5.41, 5.74) is -0.687. The molecule has 2 heterocycles. The summed E-state index contributed by atoms with van der Waals surface area (Å²) in [5.74, 6) is -2.28. The van der Waals surface area contributed by atoms with Crippen molar-refractivity contribution in [2.24, 2.45) is 5.92 Å². The molecule has 162 valence electrons. The van der Waals surface area contributed by atoms with Crippen LogP contribution in [0.3, 0.4) is 0 Å². The zero-order chi connectivity index (χ0) is 21.9. The SMILES string of the molecule is CC(C(=O)NC1CC=CCC2C(C(=O)O)CCN2C1=O)N(C)C(=O)OC(C)(C)C. The van der Waals surface area contributed by atoms with Crippen LogP contribution in [0.1, 0.15) is 47.0 Å². The molecule has 1 saturated heterocycles. The predicted octanol–water partition coefficient (Wildman–Crippen LogP) is 1.38. The fourth-order valence-electron chi connectivity index (χ4n) is 3.56. The number of amides is 3. The Morgan fingerprint density at radius 2 is 1.90 bits per heavy atom. The Morgan fingerprint density at radius 3 is 2.48 bits per heavy atom. The van der Waals surface area contributed by atoms with E-state index in [0.29, 0.717) is 25.8 Å². The molecule has 0 aromatic heterocycles. The highest BCUT2D eigenvalue weighted by Crippen LogP contribution is 2.29. The van der Waals surface area contributed by atoms with Crippen LogP contribution < -0.4 is 5.32 Å². The zero-order valence-corrected chi connectivity index (χ0v) is 17.7. The highest BCUT2D eigenvalue weighted by Gasteiger charge is 2.43. The van der Waals surface area contributed by atoms with E-state index in [1.54, 1.807) is 38.7 Å². The van der Waals surface area contributed by atoms with E-state index in [9.17, 15) is 24.3 Å². The molecule has 2 aliphatic rings. The van der Waals surface area contributed by atoms with Crippen LogP contribution in [0.5, 0.6) is 0 Å². The van der Waals surface area contributed by atoms with Gasteiger partial charge in [0.25, 0.3) is 0 Å². The number of carboxylic acids is 1. The molecule has 3 amide bonds. The first-order valence-electron chi connectivity index (χ1n) is 9.87. The lowest BCUT2D eigenvalue weighted by molar-refractivity contribution is -0.144. The lowest BCUT2D eigenvalue weighted by atomic mass is 9.95. The quantitative estimate of drug-likeness (QED) is 0.678. The topological polar surface area (TPSA) is 116 Å². The first-order chi connectivity index (χ1) is 13.4. The van der Waals surface area contributed by atoms with Gasteiger partial charge in [0.15, 0.2) is 0 Å². The predicted molar refractivity (Wildman–Crippen MR) is 105 cm³/mol. The third-order valence-electron chi connectivity index (χ3n) is 5.32. The number of hydrogen-bond acceptors (Lipinski definition) is 5. The van der Waals surface area contributed by atoms with Crippen LogP contribution >= 0.6 is 0 Å². The van der Waals surface area contributed by atoms with Gasteiger partial charge in [0.05, 0.1) is 5.92 Å². The number of hydrogen-bond donors (Lipinski definition) is 2. The van der Waals surface area contributed by atoms with Gasteiger partial charge in [0.2, 0.25) is 11.8 Å². The van der Waals surface area contributed by atoms with Crippen LogP contribution in [0.15, 0.2) is 12.2 Å². The average Bonchev–Trinajstić information content (AvgIpc) is 3.03. The van der Waals surface area contributed by atoms with Crippen molar-refractivity contribution in [1.82, 2.24) is 15.1 Å². The first-order valence-corrected chi connectivity index (χ1v) is 9.87. The number of nitrogens with zero attached hydrogens (tertiary/aromatic N) is 2. The van der Waals surface area contributed by atoms with Crippen molar-refractivity contribution in [2.45, 2.75) is 70.7 Å². The molecule has 4 atom stereocenters. The average molecular weight is 409 g/mol. The molecule has 0 spiro atoms. The molecule has 2 aliphatic heterocycles. The van der Waals surface area contributed by atoms with Crippen molar-refractivity contribution in [3.05, 3.63) is 12.2 Å². The number of aliphatic carboxylic acids is 1. The van der Waals surface area contributed by atoms with Crippen molar-refractivity contribution < 1.29 is 29.0 Å². The van der Waals surface area contributed by atoms with Crippen LogP contribution in [0.4, 0.5) is 4.79 Å². The molecule has 0 radical (unpaired) electrons. The van der Waals surface area contributed by atoms with Gasteiger partial charge >= 0.3 is 12.1 Å². The number of ether oxygens (including phenoxy) is 1. The van der Waals surface area contributed by atoms with Gasteiger partial charge in [-0.15, -0.1) is 0 Å². The summed E-state index contributed by atoms with van der Waals surface area (Å²) in [6, 6.07) is -2.05. The number of fused-ring (bicyclic) bond motifs is 1. The largest absolute Gasteiger partial charge is 0.481 e. The minimum Gasteiger partial charge on any atom is -0.481 e. The summed E-state index contributed by atoms with van der Waals surface area (Å²) in [5, 5.41) is 12.1. The second-order valence-corrected chi connectivity index (χ2v) is 8.60. The summed E-state index contributed by atoms with van der Waals surface area (Å²) < 4.78 is 5.27. The molecule has 0 aromatic rings. The second kappa shape index (κ2) is 8.84. The van der Waals surface area contributed by atoms with Gasteiger partial charge in [-0.3, -0.25) is 19.3 Å². The molecule has 9 heteroatoms. The Balaban J connectivity index is 2.06. The van der Waals surface area contributed by atoms with E-state index in [0.717, 1.165) is 0 Å². The summed E-state index contributed by atoms with van der Waals surface area (Å²) >= 11 is 0. The van der Waals surface area contributed by atoms with Gasteiger partial charge in [-0.2, -0.15) is 0 Å². The maximum atomic E-state index is 13.0. The molecule has 2 rings (SSSR count). The number of nitrogens with one attached hydrogen (secondary N) is 1. The Kier molecular flexibility index (Phi) is 6.92. The standard InChI is InChI=1S/C20H31N3O6/c1-12(22(5)19(28)29-20(2,3)4)16(24)21-14-8-6-7-9-15-13(18(26)27)10-11-23(15)17(14)25/h6-7,12-15H,8-11H2,1-5H3,(H,21,24)(H,26,27). The molecule has 2 N–H and O–H groups in total. The molecule has 0 aliphatic carbocycles. The van der Waals surface area contributed by atoms with E-state index in [-0.39, 0.29) is 5.91 Å². The summed E-state index contributed by atoms with van der Waals surface area (Å²) in [7, 11) is 1.46. The maximum Gasteiger partial charge on any atom is 0.410 e. The summed E-state index contributed by atoms with van der Waals surface area (Å²) in [6.07, 6.45) is 4.22. The molecule has 1 fully saturated rings. The van der Waals surface area contributed by atoms with Gasteiger partial charge in [-0.25, -0.2) is 4.79 Å². The highest BCUT2D eigenvalue weighted by molar-refractivity contribution is 5.92. The molecular formula is C20H31N3O6. The van der Waals surface area contributed by atoms with Crippen LogP contribution in [0.25, 0.3) is 0 Å². The molecule has 29 heavy (non-hydrogen) atoms. The molecule has 9 nitrogen and oxygen atoms in total. The van der Waals surface area contributed by atoms with Gasteiger partial charge in [0, 0.05) is 19.6 Å². The van der Waals surface area contributed by atoms with E-state index >= 15 is 0 Å². The van der Waals surface area contributed by atoms with E-state index in [1.165, 1.54) is 11.9 Å². The van der Waals surface area contributed by atoms with Crippen molar-refractivity contribution in [3.63, 3.8) is 0 Å². The van der Waals surface area contributed by atoms with Crippen LogP contribution in [0, 0.1) is 5.92 Å². The Labute approximate surface area is 171 Å². The molecule has 0 aromatic carbocycles. The number of carbonyl (C=O) groups is 4. The molecule has 0 saturated carbocycles. The highest BCUT2D eigenvalue weighted by atomic mass is 16.6. The monoisotopic (exact) mass is 409 g/mol. The van der Waals surface area contributed by atoms with E-state index in [4.69, 9.17) is 4.74 Å². The van der Waals surface area contributed by atoms with Crippen molar-refractivity contribution in [3.8, 4) is 0 Å². The molecule has 0 bridgehead atoms. The van der Waals surface area contributed by atoms with Crippen LogP contribution in [0.2, 0.25) is 0 Å². The molecular weight excluding hydrogens is 378 g/mol. The Bertz CT molecular complexity index is 699. The lowest BCUT2D eigenvalue weighted by Gasteiger charge is -2.33. The fraction of sp³-hybridized carbons (Fsp3) is 0.700. The third kappa shape index (κ3) is 5.48. The van der Waals surface area contributed by atoms with Gasteiger partial charge in [0.1, 0.15) is 17.7 Å². The number of carbonyl (C=O) groups excluding carboxylic acids is 3. The van der Waals surface area contributed by atoms with Gasteiger partial charge in [-0.05, 0) is 47.0 Å². The fourth-order valence-corrected chi connectivity index (χ4v) is 3.56. The Morgan fingerprint density at radius 1 is 1.28 bits per heavy atom. The van der Waals surface area contributed by atoms with E-state index < -0.39 is 47.6 Å². The minimum atomic E-state index is -0.910. The zero-order valence-electron chi connectivity index (χ0n) is 17.7. The van der Waals surface area contributed by atoms with E-state index in [2.05, 4.69) is 5.32 Å². The first kappa shape index (κ1) is 22.7. The van der Waals surface area contributed by atoms with Gasteiger partial charge in [-0.1, -0.05) is 12.2 Å². The minimum absolute atomic E-state index is 0.288. The second-order valence-electron chi connectivity index (χ2n) is 8.60. The normalized spacial score (nSPS) is 25.5. The number of likely N-dealkylation sites (N-methyl/N-ethyl adjacent to an activating group) is 1. The summed E-state index contributed by atoms with van der Waals surface area (Å²) in [6.45, 7) is 7.12. The van der Waals surface area contributed by atoms with Crippen molar-refractivity contribution in [1.29, 1.82) is 0 Å². The van der Waals surface area contributed by atoms with E-state index in [1.807, 2.05) is 6.08 Å². The maximum absolute atomic E-state index is 13.0. The van der Waals surface area contributed by atoms with Crippen LogP contribution in [-0.4, -0.2) is 76.1 Å². The number of rotatable bonds is 4. The third-order valence-corrected chi connectivity index (χ3v) is 5.32. The van der Waals surface area contributed by atoms with Crippen molar-refractivity contribution >= 4 is 23.9 Å². The van der Waals surface area contributed by atoms with Crippen LogP contribution in [-0.2, 0) is 19.1 Å². The summed E-state index contributed by atoms with van der Waals surface area (Å²) in [4.78, 5) is 52.1. The molecule has 4 unspecified atom stereocenters. The van der Waals surface area contributed by atoms with Gasteiger partial charge < -0.3 is 20.1 Å². The smallest absolute Gasteiger partial charge is 0.410 e. The number of carboxylic acid groups (broad SMARTS) is 1.